The van der Waals surface area contributed by atoms with Crippen molar-refractivity contribution in [1.29, 1.82) is 0 Å². The molecule has 1 aliphatic carbocycles. The second-order valence-electron chi connectivity index (χ2n) is 5.27. The van der Waals surface area contributed by atoms with Gasteiger partial charge in [-0.05, 0) is 49.9 Å². The number of hydrogen-bond donors (Lipinski definition) is 1. The minimum atomic E-state index is -3.03. The summed E-state index contributed by atoms with van der Waals surface area (Å²) in [6, 6.07) is 5.96. The van der Waals surface area contributed by atoms with Crippen LogP contribution in [0.3, 0.4) is 0 Å². The molecule has 1 unspecified atom stereocenters. The molecule has 5 heteroatoms. The van der Waals surface area contributed by atoms with E-state index in [1.54, 1.807) is 13.8 Å². The van der Waals surface area contributed by atoms with Crippen LogP contribution in [0, 0.1) is 0 Å². The summed E-state index contributed by atoms with van der Waals surface area (Å²) in [5, 5.41) is -0.353. The highest BCUT2D eigenvalue weighted by molar-refractivity contribution is 7.91. The van der Waals surface area contributed by atoms with E-state index in [4.69, 9.17) is 10.5 Å². The van der Waals surface area contributed by atoms with E-state index in [9.17, 15) is 8.42 Å². The van der Waals surface area contributed by atoms with Crippen molar-refractivity contribution >= 4 is 9.84 Å². The first-order chi connectivity index (χ1) is 8.90. The van der Waals surface area contributed by atoms with Crippen LogP contribution in [0.15, 0.2) is 18.2 Å². The topological polar surface area (TPSA) is 69.4 Å². The molecule has 106 valence electrons. The molecule has 1 aromatic rings. The number of rotatable bonds is 5. The lowest BCUT2D eigenvalue weighted by atomic mass is 10.1. The Morgan fingerprint density at radius 2 is 2.16 bits per heavy atom. The lowest BCUT2D eigenvalue weighted by Crippen LogP contribution is -2.22. The number of benzene rings is 1. The van der Waals surface area contributed by atoms with Crippen molar-refractivity contribution in [2.24, 2.45) is 5.73 Å². The average molecular weight is 283 g/mol. The molecule has 19 heavy (non-hydrogen) atoms. The fourth-order valence-corrected chi connectivity index (χ4v) is 3.02. The van der Waals surface area contributed by atoms with Gasteiger partial charge in [-0.15, -0.1) is 0 Å². The minimum absolute atomic E-state index is 0.0568. The van der Waals surface area contributed by atoms with Gasteiger partial charge in [0.15, 0.2) is 9.84 Å². The molecule has 0 fully saturated rings. The van der Waals surface area contributed by atoms with Crippen molar-refractivity contribution in [2.45, 2.75) is 38.0 Å². The zero-order valence-electron chi connectivity index (χ0n) is 11.4. The van der Waals surface area contributed by atoms with Crippen LogP contribution in [0.4, 0.5) is 0 Å². The number of aryl methyl sites for hydroxylation is 1. The Hall–Kier alpha value is -1.07. The maximum Gasteiger partial charge on any atom is 0.155 e. The Labute approximate surface area is 114 Å². The number of sulfone groups is 1. The summed E-state index contributed by atoms with van der Waals surface area (Å²) in [4.78, 5) is 0. The number of nitrogens with two attached hydrogens (primary N) is 1. The Morgan fingerprint density at radius 3 is 2.84 bits per heavy atom. The van der Waals surface area contributed by atoms with Crippen molar-refractivity contribution < 1.29 is 13.2 Å². The summed E-state index contributed by atoms with van der Waals surface area (Å²) in [5.74, 6) is 0.785. The first kappa shape index (κ1) is 14.3. The molecule has 4 nitrogen and oxygen atoms in total. The van der Waals surface area contributed by atoms with Crippen molar-refractivity contribution in [3.63, 3.8) is 0 Å². The van der Waals surface area contributed by atoms with Crippen LogP contribution in [0.5, 0.6) is 5.75 Å². The number of fused-ring (bicyclic) bond motifs is 1. The largest absolute Gasteiger partial charge is 0.493 e. The molecule has 0 saturated carbocycles. The number of ether oxygens (including phenoxy) is 1. The van der Waals surface area contributed by atoms with Crippen LogP contribution in [0.2, 0.25) is 0 Å². The third kappa shape index (κ3) is 3.28. The first-order valence-electron chi connectivity index (χ1n) is 6.63. The van der Waals surface area contributed by atoms with Crippen molar-refractivity contribution in [3.05, 3.63) is 29.3 Å². The Balaban J connectivity index is 1.95. The molecule has 0 bridgehead atoms. The molecule has 0 saturated heterocycles. The third-order valence-electron chi connectivity index (χ3n) is 3.59. The molecule has 0 aliphatic heterocycles. The van der Waals surface area contributed by atoms with Gasteiger partial charge in [0.25, 0.3) is 0 Å². The maximum atomic E-state index is 11.7. The molecule has 1 aliphatic rings. The standard InChI is InChI=1S/C14H21NO3S/c1-10(2)19(16,17)8-7-18-12-4-5-13-11(9-12)3-6-14(13)15/h4-5,9-10,14H,3,6-8,15H2,1-2H3. The molecule has 1 atom stereocenters. The molecule has 2 rings (SSSR count). The summed E-state index contributed by atoms with van der Waals surface area (Å²) < 4.78 is 28.8. The summed E-state index contributed by atoms with van der Waals surface area (Å²) in [7, 11) is -3.03. The molecule has 0 spiro atoms. The predicted molar refractivity (Wildman–Crippen MR) is 76.1 cm³/mol. The summed E-state index contributed by atoms with van der Waals surface area (Å²) in [6.45, 7) is 3.57. The van der Waals surface area contributed by atoms with Gasteiger partial charge in [-0.1, -0.05) is 6.07 Å². The first-order valence-corrected chi connectivity index (χ1v) is 8.34. The predicted octanol–water partition coefficient (Wildman–Crippen LogP) is 1.83. The zero-order chi connectivity index (χ0) is 14.0. The van der Waals surface area contributed by atoms with Gasteiger partial charge in [0.1, 0.15) is 12.4 Å². The molecule has 1 aromatic carbocycles. The molecule has 0 radical (unpaired) electrons. The zero-order valence-corrected chi connectivity index (χ0v) is 12.2. The van der Waals surface area contributed by atoms with E-state index in [1.807, 2.05) is 18.2 Å². The SMILES string of the molecule is CC(C)S(=O)(=O)CCOc1ccc2c(c1)CCC2N. The van der Waals surface area contributed by atoms with Crippen molar-refractivity contribution in [2.75, 3.05) is 12.4 Å². The molecule has 0 amide bonds. The van der Waals surface area contributed by atoms with E-state index in [0.29, 0.717) is 0 Å². The Morgan fingerprint density at radius 1 is 1.42 bits per heavy atom. The third-order valence-corrected chi connectivity index (χ3v) is 5.77. The van der Waals surface area contributed by atoms with Crippen LogP contribution in [0.1, 0.15) is 37.4 Å². The van der Waals surface area contributed by atoms with E-state index in [-0.39, 0.29) is 23.7 Å². The van der Waals surface area contributed by atoms with E-state index in [1.165, 1.54) is 11.1 Å². The van der Waals surface area contributed by atoms with E-state index in [0.717, 1.165) is 18.6 Å². The monoisotopic (exact) mass is 283 g/mol. The van der Waals surface area contributed by atoms with Gasteiger partial charge in [-0.25, -0.2) is 8.42 Å². The van der Waals surface area contributed by atoms with Crippen LogP contribution in [0.25, 0.3) is 0 Å². The Kier molecular flexibility index (Phi) is 4.16. The van der Waals surface area contributed by atoms with E-state index < -0.39 is 9.84 Å². The van der Waals surface area contributed by atoms with E-state index >= 15 is 0 Å². The fraction of sp³-hybridized carbons (Fsp3) is 0.571. The minimum Gasteiger partial charge on any atom is -0.493 e. The highest BCUT2D eigenvalue weighted by Crippen LogP contribution is 2.31. The normalized spacial score (nSPS) is 18.6. The quantitative estimate of drug-likeness (QED) is 0.895. The van der Waals surface area contributed by atoms with Crippen molar-refractivity contribution in [1.82, 2.24) is 0 Å². The van der Waals surface area contributed by atoms with Gasteiger partial charge < -0.3 is 10.5 Å². The second kappa shape index (κ2) is 5.51. The average Bonchev–Trinajstić information content (AvgIpc) is 2.70. The molecular formula is C14H21NO3S. The lowest BCUT2D eigenvalue weighted by Gasteiger charge is -2.11. The van der Waals surface area contributed by atoms with Gasteiger partial charge in [-0.3, -0.25) is 0 Å². The molecule has 0 heterocycles. The van der Waals surface area contributed by atoms with Crippen molar-refractivity contribution in [3.8, 4) is 5.75 Å². The van der Waals surface area contributed by atoms with Crippen LogP contribution >= 0.6 is 0 Å². The van der Waals surface area contributed by atoms with Crippen LogP contribution in [-0.2, 0) is 16.3 Å². The maximum absolute atomic E-state index is 11.7. The lowest BCUT2D eigenvalue weighted by molar-refractivity contribution is 0.340. The summed E-state index contributed by atoms with van der Waals surface area (Å²) in [6.07, 6.45) is 1.94. The molecular weight excluding hydrogens is 262 g/mol. The summed E-state index contributed by atoms with van der Waals surface area (Å²) in [5.41, 5.74) is 8.37. The number of hydrogen-bond acceptors (Lipinski definition) is 4. The van der Waals surface area contributed by atoms with Gasteiger partial charge in [-0.2, -0.15) is 0 Å². The highest BCUT2D eigenvalue weighted by atomic mass is 32.2. The molecule has 2 N–H and O–H groups in total. The van der Waals surface area contributed by atoms with Gasteiger partial charge >= 0.3 is 0 Å². The Bertz CT molecular complexity index is 552. The van der Waals surface area contributed by atoms with Gasteiger partial charge in [0.2, 0.25) is 0 Å². The van der Waals surface area contributed by atoms with Crippen LogP contribution < -0.4 is 10.5 Å². The van der Waals surface area contributed by atoms with Gasteiger partial charge in [0.05, 0.1) is 11.0 Å². The fourth-order valence-electron chi connectivity index (χ4n) is 2.23. The van der Waals surface area contributed by atoms with Gasteiger partial charge in [0, 0.05) is 6.04 Å². The smallest absolute Gasteiger partial charge is 0.155 e. The van der Waals surface area contributed by atoms with E-state index in [2.05, 4.69) is 0 Å². The second-order valence-corrected chi connectivity index (χ2v) is 7.95. The van der Waals surface area contributed by atoms with Crippen LogP contribution in [-0.4, -0.2) is 26.0 Å². The highest BCUT2D eigenvalue weighted by Gasteiger charge is 2.19. The molecule has 0 aromatic heterocycles. The summed E-state index contributed by atoms with van der Waals surface area (Å²) >= 11 is 0.